The summed E-state index contributed by atoms with van der Waals surface area (Å²) >= 11 is 5.93. The quantitative estimate of drug-likeness (QED) is 0.153. The van der Waals surface area contributed by atoms with E-state index in [0.717, 1.165) is 91.4 Å². The van der Waals surface area contributed by atoms with Crippen molar-refractivity contribution < 1.29 is 5.11 Å². The van der Waals surface area contributed by atoms with Gasteiger partial charge in [-0.05, 0) is 59.7 Å². The van der Waals surface area contributed by atoms with Crippen LogP contribution in [0.25, 0.3) is 44.1 Å². The number of fused-ring (bicyclic) bond motifs is 4. The molecule has 232 valence electrons. The van der Waals surface area contributed by atoms with Gasteiger partial charge in [0.05, 0.1) is 63.8 Å². The van der Waals surface area contributed by atoms with Gasteiger partial charge in [0.2, 0.25) is 0 Å². The van der Waals surface area contributed by atoms with E-state index >= 15 is 0 Å². The number of aromatic nitrogens is 8. The van der Waals surface area contributed by atoms with Crippen molar-refractivity contribution in [1.82, 2.24) is 39.0 Å². The second kappa shape index (κ2) is 12.8. The van der Waals surface area contributed by atoms with E-state index in [0.29, 0.717) is 19.0 Å². The van der Waals surface area contributed by atoms with Crippen molar-refractivity contribution in [2.45, 2.75) is 52.3 Å². The molecule has 0 saturated heterocycles. The molecule has 8 rings (SSSR count). The van der Waals surface area contributed by atoms with Crippen LogP contribution >= 0.6 is 11.6 Å². The minimum atomic E-state index is 0.0355. The third-order valence-corrected chi connectivity index (χ3v) is 8.55. The van der Waals surface area contributed by atoms with Gasteiger partial charge in [0, 0.05) is 18.7 Å². The molecule has 0 unspecified atom stereocenters. The number of hydrogen-bond acceptors (Lipinski definition) is 5. The van der Waals surface area contributed by atoms with E-state index in [9.17, 15) is 5.11 Å². The number of rotatable bonds is 8. The molecular weight excluding hydrogens is 596 g/mol. The molecule has 46 heavy (non-hydrogen) atoms. The molecule has 0 aliphatic heterocycles. The molecule has 0 bridgehead atoms. The van der Waals surface area contributed by atoms with Crippen LogP contribution in [0.2, 0.25) is 0 Å². The van der Waals surface area contributed by atoms with Gasteiger partial charge in [0.1, 0.15) is 23.3 Å². The highest BCUT2D eigenvalue weighted by Crippen LogP contribution is 2.23. The van der Waals surface area contributed by atoms with Crippen LogP contribution in [0, 0.1) is 0 Å². The predicted octanol–water partition coefficient (Wildman–Crippen LogP) is 7.28. The van der Waals surface area contributed by atoms with Gasteiger partial charge < -0.3 is 24.2 Å². The van der Waals surface area contributed by atoms with Crippen LogP contribution in [-0.4, -0.2) is 44.1 Å². The summed E-state index contributed by atoms with van der Waals surface area (Å²) in [6.07, 6.45) is 1.73. The maximum atomic E-state index is 9.30. The molecule has 3 N–H and O–H groups in total. The fourth-order valence-electron chi connectivity index (χ4n) is 5.99. The topological polar surface area (TPSA) is 113 Å². The Labute approximate surface area is 270 Å². The molecule has 0 aliphatic rings. The normalized spacial score (nSPS) is 11.6. The summed E-state index contributed by atoms with van der Waals surface area (Å²) in [5.41, 5.74) is 10.2. The predicted molar refractivity (Wildman–Crippen MR) is 184 cm³/mol. The minimum Gasteiger partial charge on any atom is -0.392 e. The van der Waals surface area contributed by atoms with Gasteiger partial charge in [-0.2, -0.15) is 0 Å². The number of imidazole rings is 4. The molecule has 0 amide bonds. The number of nitrogens with zero attached hydrogens (tertiary/aromatic N) is 6. The Morgan fingerprint density at radius 3 is 1.54 bits per heavy atom. The van der Waals surface area contributed by atoms with Crippen LogP contribution in [-0.2, 0) is 38.4 Å². The summed E-state index contributed by atoms with van der Waals surface area (Å²) in [7, 11) is 0. The van der Waals surface area contributed by atoms with Crippen molar-refractivity contribution in [3.63, 3.8) is 0 Å². The van der Waals surface area contributed by atoms with Gasteiger partial charge in [-0.1, -0.05) is 50.2 Å². The average Bonchev–Trinajstić information content (AvgIpc) is 3.87. The van der Waals surface area contributed by atoms with Gasteiger partial charge in [0.15, 0.2) is 0 Å². The summed E-state index contributed by atoms with van der Waals surface area (Å²) in [6, 6.07) is 28.3. The summed E-state index contributed by atoms with van der Waals surface area (Å²) in [5.74, 6) is 4.46. The monoisotopic (exact) mass is 630 g/mol. The average molecular weight is 631 g/mol. The lowest BCUT2D eigenvalue weighted by Gasteiger charge is -2.06. The Morgan fingerprint density at radius 2 is 1.09 bits per heavy atom. The van der Waals surface area contributed by atoms with Crippen LogP contribution < -0.4 is 0 Å². The molecule has 10 heteroatoms. The first-order valence-corrected chi connectivity index (χ1v) is 16.1. The highest BCUT2D eigenvalue weighted by molar-refractivity contribution is 6.17. The lowest BCUT2D eigenvalue weighted by atomic mass is 10.2. The zero-order chi connectivity index (χ0) is 31.6. The number of aromatic amines is 2. The third-order valence-electron chi connectivity index (χ3n) is 8.25. The molecule has 0 atom stereocenters. The van der Waals surface area contributed by atoms with E-state index in [1.165, 1.54) is 0 Å². The Morgan fingerprint density at radius 1 is 0.609 bits per heavy atom. The highest BCUT2D eigenvalue weighted by atomic mass is 35.5. The molecule has 8 aromatic rings. The third kappa shape index (κ3) is 5.75. The molecular formula is C36H35ClN8O. The molecule has 4 aromatic heterocycles. The number of hydrogen-bond donors (Lipinski definition) is 3. The van der Waals surface area contributed by atoms with E-state index < -0.39 is 0 Å². The number of para-hydroxylation sites is 4. The SMILES string of the molecule is CCc1nc2cc(CCl)ccc2n1Cc1nc2ccccc2[nH]1.CCc1nc2cc(CO)ccc2n1Cc1nc2ccccc2[nH]1. The van der Waals surface area contributed by atoms with Crippen molar-refractivity contribution >= 4 is 55.7 Å². The Hall–Kier alpha value is -4.99. The number of aryl methyl sites for hydroxylation is 2. The molecule has 4 aromatic carbocycles. The van der Waals surface area contributed by atoms with Crippen molar-refractivity contribution in [2.24, 2.45) is 0 Å². The van der Waals surface area contributed by atoms with E-state index in [4.69, 9.17) is 21.6 Å². The number of H-pyrrole nitrogens is 2. The Bertz CT molecular complexity index is 2060. The molecule has 0 fully saturated rings. The molecule has 0 aliphatic carbocycles. The Kier molecular flexibility index (Phi) is 8.26. The lowest BCUT2D eigenvalue weighted by Crippen LogP contribution is -2.05. The number of nitrogens with one attached hydrogen (secondary N) is 2. The summed E-state index contributed by atoms with van der Waals surface area (Å²) in [6.45, 7) is 5.61. The summed E-state index contributed by atoms with van der Waals surface area (Å²) in [4.78, 5) is 25.6. The highest BCUT2D eigenvalue weighted by Gasteiger charge is 2.14. The number of alkyl halides is 1. The first-order valence-electron chi connectivity index (χ1n) is 15.6. The van der Waals surface area contributed by atoms with Gasteiger partial charge in [-0.15, -0.1) is 11.6 Å². The summed E-state index contributed by atoms with van der Waals surface area (Å²) in [5, 5.41) is 9.30. The maximum absolute atomic E-state index is 9.30. The molecule has 4 heterocycles. The van der Waals surface area contributed by atoms with Crippen LogP contribution in [0.15, 0.2) is 84.9 Å². The van der Waals surface area contributed by atoms with Gasteiger partial charge >= 0.3 is 0 Å². The van der Waals surface area contributed by atoms with Crippen molar-refractivity contribution in [2.75, 3.05) is 0 Å². The number of halogens is 1. The van der Waals surface area contributed by atoms with Crippen LogP contribution in [0.4, 0.5) is 0 Å². The van der Waals surface area contributed by atoms with Crippen molar-refractivity contribution in [3.05, 3.63) is 119 Å². The second-order valence-corrected chi connectivity index (χ2v) is 11.5. The number of aliphatic hydroxyl groups is 1. The minimum absolute atomic E-state index is 0.0355. The van der Waals surface area contributed by atoms with Crippen LogP contribution in [0.5, 0.6) is 0 Å². The van der Waals surface area contributed by atoms with Crippen LogP contribution in [0.1, 0.15) is 48.3 Å². The second-order valence-electron chi connectivity index (χ2n) is 11.3. The molecule has 9 nitrogen and oxygen atoms in total. The number of aliphatic hydroxyl groups excluding tert-OH is 1. The summed E-state index contributed by atoms with van der Waals surface area (Å²) < 4.78 is 4.42. The Balaban J connectivity index is 0.000000147. The van der Waals surface area contributed by atoms with Gasteiger partial charge in [-0.25, -0.2) is 19.9 Å². The van der Waals surface area contributed by atoms with E-state index in [1.807, 2.05) is 66.7 Å². The van der Waals surface area contributed by atoms with Crippen LogP contribution in [0.3, 0.4) is 0 Å². The molecule has 0 saturated carbocycles. The van der Waals surface area contributed by atoms with E-state index in [-0.39, 0.29) is 6.61 Å². The largest absolute Gasteiger partial charge is 0.392 e. The standard InChI is InChI=1S/C18H17ClN4.C18H18N4O/c1-2-18-22-15-9-12(10-19)7-8-16(15)23(18)11-17-20-13-5-3-4-6-14(13)21-17;1-2-18-21-15-9-12(11-23)7-8-16(15)22(18)10-17-19-13-5-3-4-6-14(13)20-17/h3-9H,2,10-11H2,1H3,(H,20,21);3-9,23H,2,10-11H2,1H3,(H,19,20). The lowest BCUT2D eigenvalue weighted by molar-refractivity contribution is 0.282. The van der Waals surface area contributed by atoms with Gasteiger partial charge in [0.25, 0.3) is 0 Å². The fourth-order valence-corrected chi connectivity index (χ4v) is 6.15. The first kappa shape index (κ1) is 29.7. The van der Waals surface area contributed by atoms with E-state index in [2.05, 4.69) is 61.1 Å². The first-order chi connectivity index (χ1) is 22.6. The fraction of sp³-hybridized carbons (Fsp3) is 0.222. The van der Waals surface area contributed by atoms with Crippen molar-refractivity contribution in [3.8, 4) is 0 Å². The maximum Gasteiger partial charge on any atom is 0.127 e. The smallest absolute Gasteiger partial charge is 0.127 e. The van der Waals surface area contributed by atoms with E-state index in [1.54, 1.807) is 0 Å². The zero-order valence-corrected chi connectivity index (χ0v) is 26.6. The van der Waals surface area contributed by atoms with Gasteiger partial charge in [-0.3, -0.25) is 0 Å². The molecule has 0 spiro atoms. The molecule has 0 radical (unpaired) electrons. The number of benzene rings is 4. The zero-order valence-electron chi connectivity index (χ0n) is 25.8. The van der Waals surface area contributed by atoms with Crippen molar-refractivity contribution in [1.29, 1.82) is 0 Å².